The van der Waals surface area contributed by atoms with E-state index in [4.69, 9.17) is 11.6 Å². The third-order valence-corrected chi connectivity index (χ3v) is 7.51. The van der Waals surface area contributed by atoms with Crippen LogP contribution >= 0.6 is 11.6 Å². The highest BCUT2D eigenvalue weighted by molar-refractivity contribution is 6.35. The minimum Gasteiger partial charge on any atom is -0.336 e. The topological polar surface area (TPSA) is 43.9 Å². The van der Waals surface area contributed by atoms with Crippen molar-refractivity contribution in [2.24, 2.45) is 5.92 Å². The molecule has 5 rings (SSSR count). The minimum atomic E-state index is -0.105. The van der Waals surface area contributed by atoms with Crippen LogP contribution in [0.15, 0.2) is 42.5 Å². The minimum absolute atomic E-state index is 0.0476. The van der Waals surface area contributed by atoms with Crippen LogP contribution in [0.5, 0.6) is 0 Å². The monoisotopic (exact) mass is 451 g/mol. The average molecular weight is 452 g/mol. The molecule has 0 aromatic heterocycles. The molecule has 5 nitrogen and oxygen atoms in total. The van der Waals surface area contributed by atoms with Crippen molar-refractivity contribution in [3.05, 3.63) is 64.2 Å². The van der Waals surface area contributed by atoms with Gasteiger partial charge in [0.15, 0.2) is 0 Å². The number of nitrogens with zero attached hydrogens (tertiary/aromatic N) is 3. The van der Waals surface area contributed by atoms with Crippen LogP contribution in [-0.4, -0.2) is 54.3 Å². The maximum atomic E-state index is 13.2. The summed E-state index contributed by atoms with van der Waals surface area (Å²) < 4.78 is 0. The molecule has 0 bridgehead atoms. The zero-order valence-corrected chi connectivity index (χ0v) is 19.2. The summed E-state index contributed by atoms with van der Waals surface area (Å²) in [5.74, 6) is 0.774. The van der Waals surface area contributed by atoms with Gasteiger partial charge in [0, 0.05) is 44.0 Å². The molecule has 2 fully saturated rings. The molecule has 3 aliphatic rings. The Morgan fingerprint density at radius 3 is 2.47 bits per heavy atom. The van der Waals surface area contributed by atoms with E-state index in [-0.39, 0.29) is 11.8 Å². The fourth-order valence-corrected chi connectivity index (χ4v) is 5.66. The molecule has 168 valence electrons. The number of halogens is 1. The van der Waals surface area contributed by atoms with Crippen LogP contribution in [0.4, 0.5) is 5.69 Å². The zero-order valence-electron chi connectivity index (χ0n) is 18.4. The largest absolute Gasteiger partial charge is 0.336 e. The van der Waals surface area contributed by atoms with Crippen molar-refractivity contribution < 1.29 is 9.59 Å². The number of carbonyl (C=O) groups excluding carboxylic acids is 2. The maximum Gasteiger partial charge on any atom is 0.260 e. The van der Waals surface area contributed by atoms with Gasteiger partial charge in [-0.2, -0.15) is 0 Å². The van der Waals surface area contributed by atoms with Crippen LogP contribution in [0.2, 0.25) is 5.02 Å². The number of piperazine rings is 1. The number of fused-ring (bicyclic) bond motifs is 1. The highest BCUT2D eigenvalue weighted by Crippen LogP contribution is 2.33. The zero-order chi connectivity index (χ0) is 22.1. The summed E-state index contributed by atoms with van der Waals surface area (Å²) >= 11 is 6.26. The van der Waals surface area contributed by atoms with Crippen LogP contribution in [0.25, 0.3) is 0 Å². The summed E-state index contributed by atoms with van der Waals surface area (Å²) in [4.78, 5) is 32.3. The van der Waals surface area contributed by atoms with Crippen LogP contribution in [0.3, 0.4) is 0 Å². The first-order valence-corrected chi connectivity index (χ1v) is 12.2. The van der Waals surface area contributed by atoms with Gasteiger partial charge in [0.25, 0.3) is 11.8 Å². The average Bonchev–Trinajstić information content (AvgIpc) is 3.17. The summed E-state index contributed by atoms with van der Waals surface area (Å²) in [7, 11) is 0. The van der Waals surface area contributed by atoms with Crippen molar-refractivity contribution in [3.8, 4) is 0 Å². The molecule has 1 aliphatic carbocycles. The van der Waals surface area contributed by atoms with E-state index in [2.05, 4.69) is 4.90 Å². The Bertz CT molecular complexity index is 1010. The molecule has 1 saturated carbocycles. The van der Waals surface area contributed by atoms with Gasteiger partial charge in [-0.1, -0.05) is 49.1 Å². The number of benzene rings is 2. The molecule has 0 unspecified atom stereocenters. The lowest BCUT2D eigenvalue weighted by molar-refractivity contribution is 0.0606. The molecule has 32 heavy (non-hydrogen) atoms. The van der Waals surface area contributed by atoms with E-state index in [0.717, 1.165) is 43.3 Å². The Kier molecular flexibility index (Phi) is 6.20. The van der Waals surface area contributed by atoms with Crippen LogP contribution in [-0.2, 0) is 6.54 Å². The molecule has 6 heteroatoms. The van der Waals surface area contributed by atoms with Gasteiger partial charge in [0.2, 0.25) is 0 Å². The second-order valence-electron chi connectivity index (χ2n) is 9.31. The molecule has 0 atom stereocenters. The number of carbonyl (C=O) groups is 2. The Balaban J connectivity index is 1.23. The van der Waals surface area contributed by atoms with Crippen molar-refractivity contribution in [3.63, 3.8) is 0 Å². The third kappa shape index (κ3) is 4.28. The highest BCUT2D eigenvalue weighted by atomic mass is 35.5. The molecule has 2 heterocycles. The molecule has 0 N–H and O–H groups in total. The standard InChI is InChI=1S/C26H30ClN3O2/c27-23-11-5-9-21-18-30(26(32)24(21)23)22-10-4-8-20(16-22)25(31)29-14-12-28(13-15-29)17-19-6-2-1-3-7-19/h4-5,8-11,16,19H,1-3,6-7,12-15,17-18H2. The molecule has 0 spiro atoms. The van der Waals surface area contributed by atoms with Gasteiger partial charge in [-0.25, -0.2) is 0 Å². The lowest BCUT2D eigenvalue weighted by Crippen LogP contribution is -2.49. The number of rotatable bonds is 4. The van der Waals surface area contributed by atoms with E-state index in [1.807, 2.05) is 41.3 Å². The second-order valence-corrected chi connectivity index (χ2v) is 9.72. The first-order valence-electron chi connectivity index (χ1n) is 11.8. The number of hydrogen-bond acceptors (Lipinski definition) is 3. The summed E-state index contributed by atoms with van der Waals surface area (Å²) in [6, 6.07) is 13.0. The molecule has 2 aromatic rings. The number of anilines is 1. The van der Waals surface area contributed by atoms with Gasteiger partial charge in [0.1, 0.15) is 0 Å². The van der Waals surface area contributed by atoms with Crippen molar-refractivity contribution in [2.45, 2.75) is 38.6 Å². The summed E-state index contributed by atoms with van der Waals surface area (Å²) in [6.07, 6.45) is 6.85. The molecule has 2 aromatic carbocycles. The van der Waals surface area contributed by atoms with Crippen LogP contribution in [0.1, 0.15) is 58.4 Å². The van der Waals surface area contributed by atoms with E-state index in [9.17, 15) is 9.59 Å². The van der Waals surface area contributed by atoms with Crippen LogP contribution in [0, 0.1) is 5.92 Å². The van der Waals surface area contributed by atoms with Crippen molar-refractivity contribution in [1.82, 2.24) is 9.80 Å². The Morgan fingerprint density at radius 2 is 1.72 bits per heavy atom. The van der Waals surface area contributed by atoms with Crippen molar-refractivity contribution in [2.75, 3.05) is 37.6 Å². The first kappa shape index (κ1) is 21.5. The predicted octanol–water partition coefficient (Wildman–Crippen LogP) is 4.84. The predicted molar refractivity (Wildman–Crippen MR) is 127 cm³/mol. The lowest BCUT2D eigenvalue weighted by atomic mass is 9.89. The van der Waals surface area contributed by atoms with Crippen LogP contribution < -0.4 is 4.90 Å². The third-order valence-electron chi connectivity index (χ3n) is 7.19. The summed E-state index contributed by atoms with van der Waals surface area (Å²) in [6.45, 7) is 5.07. The summed E-state index contributed by atoms with van der Waals surface area (Å²) in [5.41, 5.74) is 2.87. The Hall–Kier alpha value is -2.37. The van der Waals surface area contributed by atoms with E-state index in [1.54, 1.807) is 11.0 Å². The molecular weight excluding hydrogens is 422 g/mol. The van der Waals surface area contributed by atoms with Gasteiger partial charge < -0.3 is 9.80 Å². The van der Waals surface area contributed by atoms with Gasteiger partial charge >= 0.3 is 0 Å². The molecule has 2 aliphatic heterocycles. The number of amides is 2. The van der Waals surface area contributed by atoms with E-state index in [0.29, 0.717) is 22.7 Å². The van der Waals surface area contributed by atoms with Crippen molar-refractivity contribution in [1.29, 1.82) is 0 Å². The second kappa shape index (κ2) is 9.24. The van der Waals surface area contributed by atoms with Gasteiger partial charge in [-0.3, -0.25) is 14.5 Å². The van der Waals surface area contributed by atoms with E-state index >= 15 is 0 Å². The first-order chi connectivity index (χ1) is 15.6. The molecule has 1 saturated heterocycles. The van der Waals surface area contributed by atoms with Gasteiger partial charge in [-0.05, 0) is 48.6 Å². The van der Waals surface area contributed by atoms with E-state index in [1.165, 1.54) is 38.6 Å². The number of hydrogen-bond donors (Lipinski definition) is 0. The SMILES string of the molecule is O=C(c1cccc(N2Cc3cccc(Cl)c3C2=O)c1)N1CCN(CC2CCCCC2)CC1. The lowest BCUT2D eigenvalue weighted by Gasteiger charge is -2.37. The quantitative estimate of drug-likeness (QED) is 0.668. The fourth-order valence-electron chi connectivity index (χ4n) is 5.38. The van der Waals surface area contributed by atoms with Gasteiger partial charge in [-0.15, -0.1) is 0 Å². The van der Waals surface area contributed by atoms with E-state index < -0.39 is 0 Å². The Morgan fingerprint density at radius 1 is 0.969 bits per heavy atom. The summed E-state index contributed by atoms with van der Waals surface area (Å²) in [5, 5.41) is 0.480. The normalized spacial score (nSPS) is 20.0. The van der Waals surface area contributed by atoms with Crippen molar-refractivity contribution >= 4 is 29.1 Å². The molecular formula is C26H30ClN3O2. The fraction of sp³-hybridized carbons (Fsp3) is 0.462. The smallest absolute Gasteiger partial charge is 0.260 e. The van der Waals surface area contributed by atoms with Gasteiger partial charge in [0.05, 0.1) is 17.1 Å². The Labute approximate surface area is 194 Å². The molecule has 0 radical (unpaired) electrons. The highest BCUT2D eigenvalue weighted by Gasteiger charge is 2.31. The molecule has 2 amide bonds. The maximum absolute atomic E-state index is 13.2.